The first kappa shape index (κ1) is 21.8. The average molecular weight is 446 g/mol. The first-order valence-corrected chi connectivity index (χ1v) is 10.2. The van der Waals surface area contributed by atoms with Crippen molar-refractivity contribution >= 4 is 17.3 Å². The van der Waals surface area contributed by atoms with Crippen LogP contribution in [0.15, 0.2) is 65.1 Å². The fourth-order valence-corrected chi connectivity index (χ4v) is 3.38. The van der Waals surface area contributed by atoms with Crippen LogP contribution >= 0.6 is 0 Å². The van der Waals surface area contributed by atoms with Crippen molar-refractivity contribution in [2.24, 2.45) is 0 Å². The van der Waals surface area contributed by atoms with E-state index in [1.165, 1.54) is 18.2 Å². The highest BCUT2D eigenvalue weighted by Crippen LogP contribution is 2.31. The molecule has 4 rings (SSSR count). The van der Waals surface area contributed by atoms with Crippen LogP contribution < -0.4 is 10.1 Å². The molecule has 2 aromatic carbocycles. The number of carbonyl (C=O) groups excluding carboxylic acids is 1. The first-order chi connectivity index (χ1) is 15.8. The summed E-state index contributed by atoms with van der Waals surface area (Å²) in [5.41, 5.74) is 2.76. The molecular weight excluding hydrogens is 424 g/mol. The lowest BCUT2D eigenvalue weighted by atomic mass is 10.2. The van der Waals surface area contributed by atoms with Gasteiger partial charge in [0.1, 0.15) is 17.3 Å². The van der Waals surface area contributed by atoms with Gasteiger partial charge in [-0.25, -0.2) is 0 Å². The van der Waals surface area contributed by atoms with Crippen LogP contribution in [-0.4, -0.2) is 20.6 Å². The van der Waals surface area contributed by atoms with Crippen LogP contribution in [0, 0.1) is 30.9 Å². The molecule has 0 atom stereocenters. The summed E-state index contributed by atoms with van der Waals surface area (Å²) in [4.78, 5) is 23.6. The number of nitro benzene ring substituents is 1. The Morgan fingerprint density at radius 1 is 1.12 bits per heavy atom. The molecule has 1 amide bonds. The molecule has 0 bridgehead atoms. The van der Waals surface area contributed by atoms with Crippen molar-refractivity contribution in [1.82, 2.24) is 9.78 Å². The quantitative estimate of drug-likeness (QED) is 0.300. The number of anilines is 1. The number of non-ortho nitro benzene ring substituents is 1. The van der Waals surface area contributed by atoms with E-state index < -0.39 is 10.8 Å². The number of nitrogens with one attached hydrogen (secondary N) is 1. The lowest BCUT2D eigenvalue weighted by Crippen LogP contribution is -2.11. The lowest BCUT2D eigenvalue weighted by molar-refractivity contribution is -0.384. The normalized spacial score (nSPS) is 10.8. The molecule has 0 fully saturated rings. The Labute approximate surface area is 189 Å². The van der Waals surface area contributed by atoms with Gasteiger partial charge in [-0.05, 0) is 50.6 Å². The minimum absolute atomic E-state index is 0.0828. The van der Waals surface area contributed by atoms with Crippen molar-refractivity contribution in [3.05, 3.63) is 99.2 Å². The molecule has 4 aromatic rings. The second kappa shape index (κ2) is 8.99. The van der Waals surface area contributed by atoms with Gasteiger partial charge in [-0.3, -0.25) is 19.6 Å². The molecule has 2 aromatic heterocycles. The van der Waals surface area contributed by atoms with Crippen molar-refractivity contribution in [1.29, 1.82) is 0 Å². The smallest absolute Gasteiger partial charge is 0.291 e. The van der Waals surface area contributed by atoms with Gasteiger partial charge in [0, 0.05) is 17.8 Å². The van der Waals surface area contributed by atoms with Crippen molar-refractivity contribution in [2.75, 3.05) is 5.32 Å². The standard InChI is InChI=1S/C24H22N4O5/c1-15-6-4-5-7-22(15)33-21-12-18(11-19(13-21)28(30)31)25-24(29)23-9-8-20(32-23)14-27-17(3)10-16(2)26-27/h4-13H,14H2,1-3H3,(H,25,29). The van der Waals surface area contributed by atoms with Gasteiger partial charge >= 0.3 is 0 Å². The third-order valence-electron chi connectivity index (χ3n) is 4.98. The van der Waals surface area contributed by atoms with E-state index >= 15 is 0 Å². The molecule has 0 radical (unpaired) electrons. The number of para-hydroxylation sites is 1. The molecule has 0 aliphatic heterocycles. The van der Waals surface area contributed by atoms with Crippen molar-refractivity contribution < 1.29 is 18.9 Å². The minimum atomic E-state index is -0.542. The van der Waals surface area contributed by atoms with E-state index in [0.717, 1.165) is 17.0 Å². The Bertz CT molecular complexity index is 1340. The summed E-state index contributed by atoms with van der Waals surface area (Å²) in [6.07, 6.45) is 0. The van der Waals surface area contributed by atoms with Crippen LogP contribution in [0.1, 0.15) is 33.3 Å². The van der Waals surface area contributed by atoms with Crippen LogP contribution in [0.3, 0.4) is 0 Å². The number of aromatic nitrogens is 2. The number of ether oxygens (including phenoxy) is 1. The van der Waals surface area contributed by atoms with Gasteiger partial charge in [-0.2, -0.15) is 5.10 Å². The minimum Gasteiger partial charge on any atom is -0.457 e. The fourth-order valence-electron chi connectivity index (χ4n) is 3.38. The van der Waals surface area contributed by atoms with Crippen LogP contribution in [0.4, 0.5) is 11.4 Å². The number of aryl methyl sites for hydroxylation is 3. The Hall–Kier alpha value is -4.40. The molecule has 1 N–H and O–H groups in total. The molecule has 2 heterocycles. The van der Waals surface area contributed by atoms with Gasteiger partial charge in [0.25, 0.3) is 11.6 Å². The van der Waals surface area contributed by atoms with Gasteiger partial charge in [-0.15, -0.1) is 0 Å². The number of hydrogen-bond donors (Lipinski definition) is 1. The number of nitro groups is 1. The summed E-state index contributed by atoms with van der Waals surface area (Å²) < 4.78 is 13.3. The van der Waals surface area contributed by atoms with Crippen LogP contribution in [0.2, 0.25) is 0 Å². The number of carbonyl (C=O) groups is 1. The van der Waals surface area contributed by atoms with E-state index in [-0.39, 0.29) is 22.9 Å². The highest BCUT2D eigenvalue weighted by Gasteiger charge is 2.17. The molecule has 33 heavy (non-hydrogen) atoms. The van der Waals surface area contributed by atoms with Crippen molar-refractivity contribution in [3.63, 3.8) is 0 Å². The maximum atomic E-state index is 12.7. The van der Waals surface area contributed by atoms with Gasteiger partial charge in [0.15, 0.2) is 5.76 Å². The van der Waals surface area contributed by atoms with Crippen molar-refractivity contribution in [3.8, 4) is 11.5 Å². The number of rotatable bonds is 7. The van der Waals surface area contributed by atoms with Crippen LogP contribution in [0.5, 0.6) is 11.5 Å². The number of amides is 1. The molecule has 0 spiro atoms. The van der Waals surface area contributed by atoms with Crippen LogP contribution in [0.25, 0.3) is 0 Å². The zero-order valence-electron chi connectivity index (χ0n) is 18.4. The number of benzene rings is 2. The lowest BCUT2D eigenvalue weighted by Gasteiger charge is -2.10. The Kier molecular flexibility index (Phi) is 5.95. The number of nitrogens with zero attached hydrogens (tertiary/aromatic N) is 3. The highest BCUT2D eigenvalue weighted by molar-refractivity contribution is 6.02. The van der Waals surface area contributed by atoms with Crippen molar-refractivity contribution in [2.45, 2.75) is 27.3 Å². The Balaban J connectivity index is 1.53. The zero-order chi connectivity index (χ0) is 23.5. The SMILES string of the molecule is Cc1cc(C)n(Cc2ccc(C(=O)Nc3cc(Oc4ccccc4C)cc([N+](=O)[O-])c3)o2)n1. The number of hydrogen-bond acceptors (Lipinski definition) is 6. The maximum Gasteiger partial charge on any atom is 0.291 e. The largest absolute Gasteiger partial charge is 0.457 e. The second-order valence-corrected chi connectivity index (χ2v) is 7.65. The molecule has 9 heteroatoms. The monoisotopic (exact) mass is 446 g/mol. The van der Waals surface area contributed by atoms with E-state index in [1.807, 2.05) is 45.0 Å². The van der Waals surface area contributed by atoms with Gasteiger partial charge in [0.05, 0.1) is 28.9 Å². The van der Waals surface area contributed by atoms with E-state index in [9.17, 15) is 14.9 Å². The third-order valence-corrected chi connectivity index (χ3v) is 4.98. The maximum absolute atomic E-state index is 12.7. The topological polar surface area (TPSA) is 112 Å². The molecule has 0 saturated carbocycles. The molecule has 168 valence electrons. The summed E-state index contributed by atoms with van der Waals surface area (Å²) >= 11 is 0. The van der Waals surface area contributed by atoms with E-state index in [1.54, 1.807) is 22.9 Å². The van der Waals surface area contributed by atoms with Gasteiger partial charge < -0.3 is 14.5 Å². The van der Waals surface area contributed by atoms with E-state index in [2.05, 4.69) is 10.4 Å². The summed E-state index contributed by atoms with van der Waals surface area (Å²) in [7, 11) is 0. The zero-order valence-corrected chi connectivity index (χ0v) is 18.4. The number of furan rings is 1. The summed E-state index contributed by atoms with van der Waals surface area (Å²) in [5, 5.41) is 18.4. The molecular formula is C24H22N4O5. The first-order valence-electron chi connectivity index (χ1n) is 10.2. The molecule has 0 unspecified atom stereocenters. The Morgan fingerprint density at radius 2 is 1.91 bits per heavy atom. The summed E-state index contributed by atoms with van der Waals surface area (Å²) in [5.74, 6) is 0.916. The molecule has 0 aliphatic carbocycles. The Morgan fingerprint density at radius 3 is 2.61 bits per heavy atom. The highest BCUT2D eigenvalue weighted by atomic mass is 16.6. The summed E-state index contributed by atoms with van der Waals surface area (Å²) in [6.45, 7) is 6.10. The predicted octanol–water partition coefficient (Wildman–Crippen LogP) is 5.40. The third kappa shape index (κ3) is 5.09. The molecule has 0 saturated heterocycles. The van der Waals surface area contributed by atoms with Gasteiger partial charge in [0.2, 0.25) is 0 Å². The fraction of sp³-hybridized carbons (Fsp3) is 0.167. The van der Waals surface area contributed by atoms with E-state index in [0.29, 0.717) is 18.1 Å². The average Bonchev–Trinajstić information content (AvgIpc) is 3.35. The van der Waals surface area contributed by atoms with Gasteiger partial charge in [-0.1, -0.05) is 18.2 Å². The van der Waals surface area contributed by atoms with E-state index in [4.69, 9.17) is 9.15 Å². The molecule has 9 nitrogen and oxygen atoms in total. The molecule has 0 aliphatic rings. The summed E-state index contributed by atoms with van der Waals surface area (Å²) in [6, 6.07) is 16.6. The second-order valence-electron chi connectivity index (χ2n) is 7.65. The predicted molar refractivity (Wildman–Crippen MR) is 122 cm³/mol. The van der Waals surface area contributed by atoms with Crippen LogP contribution in [-0.2, 0) is 6.54 Å².